The molecule has 114 valence electrons. The van der Waals surface area contributed by atoms with E-state index in [1.54, 1.807) is 6.07 Å². The van der Waals surface area contributed by atoms with Gasteiger partial charge in [-0.05, 0) is 25.0 Å². The van der Waals surface area contributed by atoms with Crippen LogP contribution in [0.25, 0.3) is 0 Å². The second-order valence-electron chi connectivity index (χ2n) is 5.18. The van der Waals surface area contributed by atoms with Crippen LogP contribution in [0.3, 0.4) is 0 Å². The molecule has 0 amide bonds. The van der Waals surface area contributed by atoms with E-state index in [1.165, 1.54) is 16.4 Å². The summed E-state index contributed by atoms with van der Waals surface area (Å²) >= 11 is 0. The van der Waals surface area contributed by atoms with Gasteiger partial charge in [-0.15, -0.1) is 0 Å². The fourth-order valence-corrected chi connectivity index (χ4v) is 4.07. The number of piperidine rings is 1. The molecular formula is C14H17NO5S. The molecule has 0 aliphatic carbocycles. The highest BCUT2D eigenvalue weighted by atomic mass is 32.2. The maximum atomic E-state index is 12.6. The van der Waals surface area contributed by atoms with Crippen LogP contribution >= 0.6 is 0 Å². The van der Waals surface area contributed by atoms with Crippen molar-refractivity contribution < 1.29 is 22.7 Å². The van der Waals surface area contributed by atoms with Gasteiger partial charge in [-0.1, -0.05) is 0 Å². The molecule has 0 radical (unpaired) electrons. The minimum absolute atomic E-state index is 0.0308. The van der Waals surface area contributed by atoms with Gasteiger partial charge in [0, 0.05) is 25.1 Å². The Labute approximate surface area is 123 Å². The highest BCUT2D eigenvalue weighted by Crippen LogP contribution is 2.33. The number of hydrogen-bond acceptors (Lipinski definition) is 5. The van der Waals surface area contributed by atoms with Crippen molar-refractivity contribution in [3.8, 4) is 11.5 Å². The van der Waals surface area contributed by atoms with Crippen molar-refractivity contribution >= 4 is 16.3 Å². The molecule has 1 saturated heterocycles. The lowest BCUT2D eigenvalue weighted by Gasteiger charge is -2.29. The van der Waals surface area contributed by atoms with E-state index in [0.29, 0.717) is 50.6 Å². The van der Waals surface area contributed by atoms with E-state index in [2.05, 4.69) is 0 Å². The van der Waals surface area contributed by atoms with Crippen LogP contribution in [0.4, 0.5) is 0 Å². The number of fused-ring (bicyclic) bond motifs is 1. The Balaban J connectivity index is 1.83. The Morgan fingerprint density at radius 1 is 1.10 bits per heavy atom. The minimum Gasteiger partial charge on any atom is -0.486 e. The van der Waals surface area contributed by atoms with Gasteiger partial charge >= 0.3 is 0 Å². The molecule has 21 heavy (non-hydrogen) atoms. The highest BCUT2D eigenvalue weighted by Gasteiger charge is 2.30. The maximum absolute atomic E-state index is 12.6. The summed E-state index contributed by atoms with van der Waals surface area (Å²) in [6.07, 6.45) is 2.06. The Morgan fingerprint density at radius 3 is 2.43 bits per heavy atom. The lowest BCUT2D eigenvalue weighted by atomic mass is 10.0. The van der Waals surface area contributed by atoms with Crippen molar-refractivity contribution in [2.75, 3.05) is 26.3 Å². The van der Waals surface area contributed by atoms with Crippen LogP contribution in [0.15, 0.2) is 23.1 Å². The number of sulfonamides is 1. The molecule has 1 aromatic carbocycles. The minimum atomic E-state index is -3.55. The van der Waals surface area contributed by atoms with Gasteiger partial charge in [-0.25, -0.2) is 8.42 Å². The highest BCUT2D eigenvalue weighted by molar-refractivity contribution is 7.89. The zero-order chi connectivity index (χ0) is 14.9. The lowest BCUT2D eigenvalue weighted by Crippen LogP contribution is -2.38. The van der Waals surface area contributed by atoms with E-state index in [-0.39, 0.29) is 10.8 Å². The zero-order valence-electron chi connectivity index (χ0n) is 11.5. The summed E-state index contributed by atoms with van der Waals surface area (Å²) in [7, 11) is -3.55. The molecule has 2 aliphatic heterocycles. The van der Waals surface area contributed by atoms with Crippen LogP contribution in [0.1, 0.15) is 12.8 Å². The van der Waals surface area contributed by atoms with Gasteiger partial charge in [0.25, 0.3) is 0 Å². The molecule has 2 heterocycles. The van der Waals surface area contributed by atoms with E-state index in [9.17, 15) is 13.2 Å². The van der Waals surface area contributed by atoms with E-state index in [1.807, 2.05) is 0 Å². The molecule has 0 spiro atoms. The van der Waals surface area contributed by atoms with Crippen molar-refractivity contribution in [2.45, 2.75) is 17.7 Å². The average molecular weight is 311 g/mol. The van der Waals surface area contributed by atoms with Crippen molar-refractivity contribution in [1.29, 1.82) is 0 Å². The molecule has 6 nitrogen and oxygen atoms in total. The Kier molecular flexibility index (Phi) is 3.86. The quantitative estimate of drug-likeness (QED) is 0.780. The molecule has 3 rings (SSSR count). The largest absolute Gasteiger partial charge is 0.486 e. The third-order valence-electron chi connectivity index (χ3n) is 3.84. The van der Waals surface area contributed by atoms with Crippen molar-refractivity contribution in [2.24, 2.45) is 5.92 Å². The van der Waals surface area contributed by atoms with E-state index < -0.39 is 10.0 Å². The summed E-state index contributed by atoms with van der Waals surface area (Å²) in [5.41, 5.74) is 0. The van der Waals surface area contributed by atoms with Gasteiger partial charge < -0.3 is 14.3 Å². The molecule has 0 saturated carbocycles. The summed E-state index contributed by atoms with van der Waals surface area (Å²) in [5, 5.41) is 0. The van der Waals surface area contributed by atoms with Gasteiger partial charge in [-0.3, -0.25) is 0 Å². The van der Waals surface area contributed by atoms with E-state index in [4.69, 9.17) is 9.47 Å². The van der Waals surface area contributed by atoms with Crippen molar-refractivity contribution in [3.63, 3.8) is 0 Å². The monoisotopic (exact) mass is 311 g/mol. The smallest absolute Gasteiger partial charge is 0.243 e. The molecule has 0 N–H and O–H groups in total. The fraction of sp³-hybridized carbons (Fsp3) is 0.500. The lowest BCUT2D eigenvalue weighted by molar-refractivity contribution is -0.112. The topological polar surface area (TPSA) is 72.9 Å². The standard InChI is InChI=1S/C14H17NO5S/c16-10-11-3-5-15(6-4-11)21(17,18)12-1-2-13-14(9-12)20-8-7-19-13/h1-2,9-11H,3-8H2. The fourth-order valence-electron chi connectivity index (χ4n) is 2.59. The number of rotatable bonds is 3. The SMILES string of the molecule is O=CC1CCN(S(=O)(=O)c2ccc3c(c2)OCCO3)CC1. The first-order valence-corrected chi connectivity index (χ1v) is 8.40. The molecule has 0 unspecified atom stereocenters. The predicted molar refractivity (Wildman–Crippen MR) is 75.0 cm³/mol. The summed E-state index contributed by atoms with van der Waals surface area (Å²) in [6, 6.07) is 4.67. The van der Waals surface area contributed by atoms with Crippen LogP contribution < -0.4 is 9.47 Å². The second kappa shape index (κ2) is 5.65. The summed E-state index contributed by atoms with van der Waals surface area (Å²) in [5.74, 6) is 1.00. The number of carbonyl (C=O) groups is 1. The Bertz CT molecular complexity index is 635. The number of benzene rings is 1. The molecule has 1 aromatic rings. The van der Waals surface area contributed by atoms with Crippen LogP contribution in [0, 0.1) is 5.92 Å². The first kappa shape index (κ1) is 14.3. The van der Waals surface area contributed by atoms with E-state index in [0.717, 1.165) is 6.29 Å². The van der Waals surface area contributed by atoms with E-state index >= 15 is 0 Å². The summed E-state index contributed by atoms with van der Waals surface area (Å²) in [4.78, 5) is 11.0. The van der Waals surface area contributed by atoms with Crippen molar-refractivity contribution in [3.05, 3.63) is 18.2 Å². The van der Waals surface area contributed by atoms with Gasteiger partial charge in [0.05, 0.1) is 4.90 Å². The molecule has 0 atom stereocenters. The number of nitrogens with zero attached hydrogens (tertiary/aromatic N) is 1. The van der Waals surface area contributed by atoms with Gasteiger partial charge in [0.1, 0.15) is 19.5 Å². The molecule has 0 aromatic heterocycles. The number of ether oxygens (including phenoxy) is 2. The summed E-state index contributed by atoms with van der Waals surface area (Å²) in [6.45, 7) is 1.64. The Hall–Kier alpha value is -1.60. The predicted octanol–water partition coefficient (Wildman–Crippen LogP) is 1.06. The van der Waals surface area contributed by atoms with Crippen LogP contribution in [-0.2, 0) is 14.8 Å². The van der Waals surface area contributed by atoms with Gasteiger partial charge in [0.15, 0.2) is 11.5 Å². The van der Waals surface area contributed by atoms with Gasteiger partial charge in [0.2, 0.25) is 10.0 Å². The first-order valence-electron chi connectivity index (χ1n) is 6.96. The summed E-state index contributed by atoms with van der Waals surface area (Å²) < 4.78 is 37.5. The third-order valence-corrected chi connectivity index (χ3v) is 5.74. The molecule has 2 aliphatic rings. The van der Waals surface area contributed by atoms with Crippen LogP contribution in [0.5, 0.6) is 11.5 Å². The normalized spacial score (nSPS) is 20.2. The zero-order valence-corrected chi connectivity index (χ0v) is 12.3. The second-order valence-corrected chi connectivity index (χ2v) is 7.12. The maximum Gasteiger partial charge on any atom is 0.243 e. The Morgan fingerprint density at radius 2 is 1.76 bits per heavy atom. The number of hydrogen-bond donors (Lipinski definition) is 0. The third kappa shape index (κ3) is 2.75. The molecular weight excluding hydrogens is 294 g/mol. The van der Waals surface area contributed by atoms with Crippen LogP contribution in [0.2, 0.25) is 0 Å². The molecule has 1 fully saturated rings. The molecule has 0 bridgehead atoms. The van der Waals surface area contributed by atoms with Gasteiger partial charge in [-0.2, -0.15) is 4.31 Å². The number of aldehydes is 1. The molecule has 7 heteroatoms. The average Bonchev–Trinajstić information content (AvgIpc) is 2.54. The van der Waals surface area contributed by atoms with Crippen molar-refractivity contribution in [1.82, 2.24) is 4.31 Å². The number of carbonyl (C=O) groups excluding carboxylic acids is 1. The first-order chi connectivity index (χ1) is 10.1. The van der Waals surface area contributed by atoms with Crippen LogP contribution in [-0.4, -0.2) is 45.3 Å².